The molecule has 0 aliphatic heterocycles. The molecule has 4 aromatic carbocycles. The lowest BCUT2D eigenvalue weighted by molar-refractivity contribution is -0.140. The van der Waals surface area contributed by atoms with Crippen molar-refractivity contribution in [3.8, 4) is 5.75 Å². The van der Waals surface area contributed by atoms with Crippen molar-refractivity contribution >= 4 is 27.5 Å². The molecular formula is C36H40FN3O5S. The number of hydrogen-bond acceptors (Lipinski definition) is 5. The minimum Gasteiger partial charge on any atom is -0.489 e. The smallest absolute Gasteiger partial charge is 0.244 e. The van der Waals surface area contributed by atoms with E-state index in [1.54, 1.807) is 36.4 Å². The summed E-state index contributed by atoms with van der Waals surface area (Å²) in [6, 6.07) is 30.1. The molecule has 4 rings (SSSR count). The van der Waals surface area contributed by atoms with Crippen LogP contribution in [0.3, 0.4) is 0 Å². The lowest BCUT2D eigenvalue weighted by atomic mass is 10.0. The van der Waals surface area contributed by atoms with Crippen molar-refractivity contribution in [2.24, 2.45) is 0 Å². The van der Waals surface area contributed by atoms with Crippen LogP contribution >= 0.6 is 0 Å². The number of carbonyl (C=O) groups excluding carboxylic acids is 2. The molecule has 0 aliphatic rings. The Morgan fingerprint density at radius 3 is 1.96 bits per heavy atom. The van der Waals surface area contributed by atoms with E-state index in [-0.39, 0.29) is 24.2 Å². The third-order valence-corrected chi connectivity index (χ3v) is 8.26. The maximum absolute atomic E-state index is 14.9. The average Bonchev–Trinajstić information content (AvgIpc) is 3.01. The van der Waals surface area contributed by atoms with Crippen LogP contribution in [0.1, 0.15) is 37.5 Å². The normalized spacial score (nSPS) is 12.2. The fourth-order valence-electron chi connectivity index (χ4n) is 4.88. The van der Waals surface area contributed by atoms with E-state index in [0.717, 1.165) is 21.7 Å². The third-order valence-electron chi connectivity index (χ3n) is 7.12. The van der Waals surface area contributed by atoms with Gasteiger partial charge in [0, 0.05) is 24.1 Å². The Balaban J connectivity index is 1.66. The van der Waals surface area contributed by atoms with Crippen molar-refractivity contribution in [1.82, 2.24) is 10.2 Å². The first-order valence-electron chi connectivity index (χ1n) is 14.9. The third kappa shape index (κ3) is 9.90. The van der Waals surface area contributed by atoms with Gasteiger partial charge in [-0.1, -0.05) is 78.9 Å². The summed E-state index contributed by atoms with van der Waals surface area (Å²) >= 11 is 0. The Labute approximate surface area is 270 Å². The molecule has 0 aliphatic carbocycles. The number of ether oxygens (including phenoxy) is 1. The number of rotatable bonds is 13. The Kier molecular flexibility index (Phi) is 11.2. The van der Waals surface area contributed by atoms with Crippen LogP contribution in [0.5, 0.6) is 5.75 Å². The maximum atomic E-state index is 14.9. The van der Waals surface area contributed by atoms with Crippen LogP contribution in [0.4, 0.5) is 10.1 Å². The van der Waals surface area contributed by atoms with Crippen LogP contribution < -0.4 is 14.4 Å². The molecule has 8 nitrogen and oxygen atoms in total. The van der Waals surface area contributed by atoms with Gasteiger partial charge in [-0.25, -0.2) is 12.8 Å². The molecule has 1 N–H and O–H groups in total. The summed E-state index contributed by atoms with van der Waals surface area (Å²) in [6.07, 6.45) is 1.14. The van der Waals surface area contributed by atoms with Gasteiger partial charge in [0.2, 0.25) is 21.8 Å². The van der Waals surface area contributed by atoms with Gasteiger partial charge in [-0.05, 0) is 62.2 Å². The Morgan fingerprint density at radius 1 is 0.826 bits per heavy atom. The number of hydrogen-bond donors (Lipinski definition) is 1. The van der Waals surface area contributed by atoms with Gasteiger partial charge in [-0.3, -0.25) is 13.9 Å². The van der Waals surface area contributed by atoms with Crippen molar-refractivity contribution in [2.75, 3.05) is 17.1 Å². The highest BCUT2D eigenvalue weighted by atomic mass is 32.2. The Bertz CT molecular complexity index is 1710. The van der Waals surface area contributed by atoms with E-state index in [2.05, 4.69) is 5.32 Å². The van der Waals surface area contributed by atoms with Crippen molar-refractivity contribution < 1.29 is 27.1 Å². The first-order valence-corrected chi connectivity index (χ1v) is 16.8. The van der Waals surface area contributed by atoms with Crippen LogP contribution in [0, 0.1) is 5.82 Å². The number of nitrogens with one attached hydrogen (secondary N) is 1. The maximum Gasteiger partial charge on any atom is 0.244 e. The predicted octanol–water partition coefficient (Wildman–Crippen LogP) is 5.73. The highest BCUT2D eigenvalue weighted by molar-refractivity contribution is 7.92. The fraction of sp³-hybridized carbons (Fsp3) is 0.278. The van der Waals surface area contributed by atoms with E-state index in [4.69, 9.17) is 4.74 Å². The lowest BCUT2D eigenvalue weighted by Crippen LogP contribution is -2.56. The number of carbonyl (C=O) groups is 2. The van der Waals surface area contributed by atoms with Gasteiger partial charge < -0.3 is 15.0 Å². The molecular weight excluding hydrogens is 605 g/mol. The molecule has 0 aromatic heterocycles. The average molecular weight is 646 g/mol. The second-order valence-electron chi connectivity index (χ2n) is 12.1. The van der Waals surface area contributed by atoms with E-state index in [1.807, 2.05) is 81.4 Å². The summed E-state index contributed by atoms with van der Waals surface area (Å²) in [5, 5.41) is 2.95. The monoisotopic (exact) mass is 645 g/mol. The summed E-state index contributed by atoms with van der Waals surface area (Å²) in [4.78, 5) is 29.3. The molecule has 0 unspecified atom stereocenters. The van der Waals surface area contributed by atoms with E-state index < -0.39 is 45.8 Å². The van der Waals surface area contributed by atoms with Crippen molar-refractivity contribution in [1.29, 1.82) is 0 Å². The van der Waals surface area contributed by atoms with Gasteiger partial charge in [0.15, 0.2) is 0 Å². The van der Waals surface area contributed by atoms with Crippen LogP contribution in [0.2, 0.25) is 0 Å². The van der Waals surface area contributed by atoms with Gasteiger partial charge in [0.25, 0.3) is 0 Å². The summed E-state index contributed by atoms with van der Waals surface area (Å²) < 4.78 is 47.9. The van der Waals surface area contributed by atoms with Gasteiger partial charge >= 0.3 is 0 Å². The van der Waals surface area contributed by atoms with Crippen molar-refractivity contribution in [3.63, 3.8) is 0 Å². The molecule has 46 heavy (non-hydrogen) atoms. The minimum atomic E-state index is -3.96. The standard InChI is InChI=1S/C36H40FN3O5S/c1-36(2,3)38-35(42)33(23-27-13-7-5-8-14-27)39(24-29-17-11-12-18-32(29)37)34(41)25-40(46(4,43)44)30-19-21-31(22-20-30)45-26-28-15-9-6-10-16-28/h5-22,33H,23-26H2,1-4H3,(H,38,42)/t33-/m1/s1. The van der Waals surface area contributed by atoms with Gasteiger partial charge in [0.1, 0.15) is 30.8 Å². The minimum absolute atomic E-state index is 0.134. The van der Waals surface area contributed by atoms with Crippen LogP contribution in [-0.2, 0) is 39.2 Å². The molecule has 0 fully saturated rings. The largest absolute Gasteiger partial charge is 0.489 e. The second kappa shape index (κ2) is 15.1. The number of nitrogens with zero attached hydrogens (tertiary/aromatic N) is 2. The molecule has 10 heteroatoms. The van der Waals surface area contributed by atoms with Crippen molar-refractivity contribution in [3.05, 3.63) is 132 Å². The Hall–Kier alpha value is -4.70. The summed E-state index contributed by atoms with van der Waals surface area (Å²) in [5.74, 6) is -1.12. The summed E-state index contributed by atoms with van der Waals surface area (Å²) in [5.41, 5.74) is 1.58. The fourth-order valence-corrected chi connectivity index (χ4v) is 5.73. The number of halogens is 1. The number of sulfonamides is 1. The zero-order valence-electron chi connectivity index (χ0n) is 26.5. The highest BCUT2D eigenvalue weighted by Crippen LogP contribution is 2.24. The first-order chi connectivity index (χ1) is 21.8. The zero-order valence-corrected chi connectivity index (χ0v) is 27.3. The summed E-state index contributed by atoms with van der Waals surface area (Å²) in [6.45, 7) is 4.96. The molecule has 0 bridgehead atoms. The number of anilines is 1. The molecule has 0 spiro atoms. The van der Waals surface area contributed by atoms with Crippen molar-refractivity contribution in [2.45, 2.75) is 51.9 Å². The Morgan fingerprint density at radius 2 is 1.39 bits per heavy atom. The van der Waals surface area contributed by atoms with Crippen LogP contribution in [0.15, 0.2) is 109 Å². The molecule has 0 saturated heterocycles. The van der Waals surface area contributed by atoms with Crippen LogP contribution in [0.25, 0.3) is 0 Å². The lowest BCUT2D eigenvalue weighted by Gasteiger charge is -2.35. The first kappa shape index (κ1) is 34.2. The molecule has 1 atom stereocenters. The second-order valence-corrected chi connectivity index (χ2v) is 14.0. The van der Waals surface area contributed by atoms with E-state index >= 15 is 0 Å². The summed E-state index contributed by atoms with van der Waals surface area (Å²) in [7, 11) is -3.96. The van der Waals surface area contributed by atoms with Gasteiger partial charge in [0.05, 0.1) is 11.9 Å². The molecule has 0 heterocycles. The highest BCUT2D eigenvalue weighted by Gasteiger charge is 2.34. The van der Waals surface area contributed by atoms with E-state index in [0.29, 0.717) is 12.4 Å². The zero-order chi connectivity index (χ0) is 33.3. The number of benzene rings is 4. The topological polar surface area (TPSA) is 96.0 Å². The van der Waals surface area contributed by atoms with Crippen LogP contribution in [-0.4, -0.2) is 49.5 Å². The molecule has 0 saturated carbocycles. The van der Waals surface area contributed by atoms with Gasteiger partial charge in [-0.2, -0.15) is 0 Å². The van der Waals surface area contributed by atoms with E-state index in [1.165, 1.54) is 17.0 Å². The quantitative estimate of drug-likeness (QED) is 0.201. The molecule has 242 valence electrons. The molecule has 4 aromatic rings. The molecule has 2 amide bonds. The van der Waals surface area contributed by atoms with Gasteiger partial charge in [-0.15, -0.1) is 0 Å². The SMILES string of the molecule is CC(C)(C)NC(=O)[C@@H](Cc1ccccc1)N(Cc1ccccc1F)C(=O)CN(c1ccc(OCc2ccccc2)cc1)S(C)(=O)=O. The number of amides is 2. The molecule has 0 radical (unpaired) electrons. The predicted molar refractivity (Wildman–Crippen MR) is 178 cm³/mol. The van der Waals surface area contributed by atoms with E-state index in [9.17, 15) is 22.4 Å².